The lowest BCUT2D eigenvalue weighted by molar-refractivity contribution is -0.123. The normalized spacial score (nSPS) is 14.4. The van der Waals surface area contributed by atoms with Crippen LogP contribution in [0.3, 0.4) is 0 Å². The Hall–Kier alpha value is -3.40. The number of esters is 1. The summed E-state index contributed by atoms with van der Waals surface area (Å²) in [6, 6.07) is 13.4. The fourth-order valence-electron chi connectivity index (χ4n) is 3.32. The fourth-order valence-corrected chi connectivity index (χ4v) is 4.55. The number of rotatable bonds is 8. The van der Waals surface area contributed by atoms with Gasteiger partial charge < -0.3 is 18.6 Å². The van der Waals surface area contributed by atoms with E-state index in [0.29, 0.717) is 22.1 Å². The zero-order valence-electron chi connectivity index (χ0n) is 19.1. The van der Waals surface area contributed by atoms with E-state index in [0.717, 1.165) is 22.2 Å². The van der Waals surface area contributed by atoms with Crippen LogP contribution in [0, 0.1) is 0 Å². The van der Waals surface area contributed by atoms with Crippen LogP contribution in [0.15, 0.2) is 57.9 Å². The van der Waals surface area contributed by atoms with E-state index in [-0.39, 0.29) is 34.6 Å². The second-order valence-electron chi connectivity index (χ2n) is 7.47. The molecule has 36 heavy (non-hydrogen) atoms. The monoisotopic (exact) mass is 547 g/mol. The van der Waals surface area contributed by atoms with Crippen LogP contribution in [0.2, 0.25) is 10.0 Å². The molecule has 2 amide bonds. The van der Waals surface area contributed by atoms with E-state index in [1.165, 1.54) is 26.4 Å². The zero-order valence-corrected chi connectivity index (χ0v) is 21.4. The van der Waals surface area contributed by atoms with Gasteiger partial charge in [0.2, 0.25) is 5.76 Å². The van der Waals surface area contributed by atoms with Crippen molar-refractivity contribution in [2.75, 3.05) is 14.2 Å². The van der Waals surface area contributed by atoms with Crippen molar-refractivity contribution in [3.63, 3.8) is 0 Å². The fraction of sp³-hybridized carbons (Fsp3) is 0.160. The Labute approximate surface area is 220 Å². The number of furan rings is 1. The van der Waals surface area contributed by atoms with E-state index >= 15 is 0 Å². The van der Waals surface area contributed by atoms with Gasteiger partial charge in [-0.1, -0.05) is 35.3 Å². The lowest BCUT2D eigenvalue weighted by atomic mass is 10.1. The molecule has 186 valence electrons. The highest BCUT2D eigenvalue weighted by Gasteiger charge is 2.36. The molecule has 0 aliphatic carbocycles. The number of hydrogen-bond donors (Lipinski definition) is 0. The highest BCUT2D eigenvalue weighted by atomic mass is 35.5. The molecule has 11 heteroatoms. The number of hydrogen-bond acceptors (Lipinski definition) is 8. The first-order valence-corrected chi connectivity index (χ1v) is 12.0. The maximum absolute atomic E-state index is 12.9. The second-order valence-corrected chi connectivity index (χ2v) is 9.31. The van der Waals surface area contributed by atoms with E-state index < -0.39 is 17.1 Å². The average Bonchev–Trinajstić information content (AvgIpc) is 3.44. The van der Waals surface area contributed by atoms with Crippen molar-refractivity contribution in [2.24, 2.45) is 0 Å². The molecule has 1 saturated heterocycles. The lowest BCUT2D eigenvalue weighted by Crippen LogP contribution is -2.27. The van der Waals surface area contributed by atoms with Crippen molar-refractivity contribution in [3.8, 4) is 11.5 Å². The zero-order chi connectivity index (χ0) is 25.8. The molecule has 1 aliphatic rings. The Balaban J connectivity index is 1.50. The van der Waals surface area contributed by atoms with Gasteiger partial charge in [0.25, 0.3) is 11.1 Å². The van der Waals surface area contributed by atoms with Gasteiger partial charge in [0.15, 0.2) is 11.5 Å². The molecular weight excluding hydrogens is 529 g/mol. The van der Waals surface area contributed by atoms with Gasteiger partial charge in [0.1, 0.15) is 12.4 Å². The number of halogens is 2. The first-order chi connectivity index (χ1) is 17.3. The summed E-state index contributed by atoms with van der Waals surface area (Å²) in [5.41, 5.74) is 1.44. The van der Waals surface area contributed by atoms with Crippen LogP contribution < -0.4 is 9.47 Å². The molecule has 2 aromatic carbocycles. The quantitative estimate of drug-likeness (QED) is 0.243. The van der Waals surface area contributed by atoms with Crippen LogP contribution in [-0.4, -0.2) is 36.2 Å². The van der Waals surface area contributed by atoms with Gasteiger partial charge >= 0.3 is 5.97 Å². The summed E-state index contributed by atoms with van der Waals surface area (Å²) in [7, 11) is 2.70. The molecule has 1 fully saturated rings. The van der Waals surface area contributed by atoms with E-state index in [4.69, 9.17) is 37.1 Å². The molecule has 0 atom stereocenters. The van der Waals surface area contributed by atoms with Gasteiger partial charge in [-0.25, -0.2) is 4.79 Å². The predicted molar refractivity (Wildman–Crippen MR) is 135 cm³/mol. The van der Waals surface area contributed by atoms with Gasteiger partial charge in [-0.3, -0.25) is 14.5 Å². The molecule has 8 nitrogen and oxygen atoms in total. The van der Waals surface area contributed by atoms with Crippen LogP contribution in [0.25, 0.3) is 6.08 Å². The maximum atomic E-state index is 12.9. The third-order valence-corrected chi connectivity index (χ3v) is 6.52. The molecule has 1 aliphatic heterocycles. The molecular formula is C25H19Cl2NO7S. The van der Waals surface area contributed by atoms with Crippen LogP contribution >= 0.6 is 35.0 Å². The molecule has 0 radical (unpaired) electrons. The predicted octanol–water partition coefficient (Wildman–Crippen LogP) is 6.20. The summed E-state index contributed by atoms with van der Waals surface area (Å²) in [6.07, 6.45) is 1.55. The number of methoxy groups -OCH3 is 2. The third kappa shape index (κ3) is 5.70. The minimum Gasteiger partial charge on any atom is -0.493 e. The van der Waals surface area contributed by atoms with Crippen LogP contribution in [0.5, 0.6) is 11.5 Å². The first kappa shape index (κ1) is 25.7. The summed E-state index contributed by atoms with van der Waals surface area (Å²) < 4.78 is 21.3. The van der Waals surface area contributed by atoms with Crippen molar-refractivity contribution in [1.82, 2.24) is 4.90 Å². The highest BCUT2D eigenvalue weighted by molar-refractivity contribution is 8.18. The number of imide groups is 1. The number of benzene rings is 2. The lowest BCUT2D eigenvalue weighted by Gasteiger charge is -2.14. The van der Waals surface area contributed by atoms with Crippen LogP contribution in [-0.2, 0) is 22.7 Å². The Bertz CT molecular complexity index is 1350. The molecule has 0 spiro atoms. The van der Waals surface area contributed by atoms with Gasteiger partial charge in [0.05, 0.1) is 30.7 Å². The number of carbonyl (C=O) groups excluding carboxylic acids is 3. The molecule has 1 aromatic heterocycles. The molecule has 3 aromatic rings. The largest absolute Gasteiger partial charge is 0.493 e. The average molecular weight is 548 g/mol. The highest BCUT2D eigenvalue weighted by Crippen LogP contribution is 2.39. The molecule has 0 unspecified atom stereocenters. The number of ether oxygens (including phenoxy) is 3. The van der Waals surface area contributed by atoms with Crippen LogP contribution in [0.4, 0.5) is 4.79 Å². The Morgan fingerprint density at radius 1 is 1.08 bits per heavy atom. The topological polar surface area (TPSA) is 95.3 Å². The summed E-state index contributed by atoms with van der Waals surface area (Å²) in [5.74, 6) is -0.187. The van der Waals surface area contributed by atoms with E-state index in [1.807, 2.05) is 12.1 Å². The number of carbonyl (C=O) groups is 3. The Morgan fingerprint density at radius 3 is 2.53 bits per heavy atom. The SMILES string of the molecule is COC(=O)c1ccc(CN2C(=O)S/C(=C/c3cc(Cl)c(OCc4ccc(Cl)cc4)c(OC)c3)C2=O)o1. The molecule has 0 N–H and O–H groups in total. The summed E-state index contributed by atoms with van der Waals surface area (Å²) >= 11 is 13.2. The standard InChI is InChI=1S/C25H19Cl2NO7S/c1-32-20-10-15(9-18(27)22(20)34-13-14-3-5-16(26)6-4-14)11-21-23(29)28(25(31)36-21)12-17-7-8-19(35-17)24(30)33-2/h3-11H,12-13H2,1-2H3/b21-11+. The third-order valence-electron chi connectivity index (χ3n) is 5.08. The van der Waals surface area contributed by atoms with Crippen molar-refractivity contribution in [2.45, 2.75) is 13.2 Å². The summed E-state index contributed by atoms with van der Waals surface area (Å²) in [6.45, 7) is 0.122. The smallest absolute Gasteiger partial charge is 0.373 e. The van der Waals surface area contributed by atoms with Gasteiger partial charge in [-0.05, 0) is 65.4 Å². The molecule has 0 saturated carbocycles. The Kier molecular flexibility index (Phi) is 7.93. The molecule has 4 rings (SSSR count). The Morgan fingerprint density at radius 2 is 1.83 bits per heavy atom. The molecule has 2 heterocycles. The molecule has 0 bridgehead atoms. The van der Waals surface area contributed by atoms with Gasteiger partial charge in [-0.2, -0.15) is 0 Å². The minimum absolute atomic E-state index is 0.0184. The van der Waals surface area contributed by atoms with E-state index in [2.05, 4.69) is 4.74 Å². The van der Waals surface area contributed by atoms with Crippen molar-refractivity contribution < 1.29 is 33.0 Å². The van der Waals surface area contributed by atoms with Crippen molar-refractivity contribution in [1.29, 1.82) is 0 Å². The number of thioether (sulfide) groups is 1. The second kappa shape index (κ2) is 11.1. The maximum Gasteiger partial charge on any atom is 0.373 e. The summed E-state index contributed by atoms with van der Waals surface area (Å²) in [5, 5.41) is 0.432. The van der Waals surface area contributed by atoms with Crippen molar-refractivity contribution >= 4 is 58.2 Å². The van der Waals surface area contributed by atoms with E-state index in [9.17, 15) is 14.4 Å². The van der Waals surface area contributed by atoms with E-state index in [1.54, 1.807) is 30.3 Å². The van der Waals surface area contributed by atoms with Crippen LogP contribution in [0.1, 0.15) is 27.4 Å². The van der Waals surface area contributed by atoms with Gasteiger partial charge in [-0.15, -0.1) is 0 Å². The minimum atomic E-state index is -0.651. The number of nitrogens with zero attached hydrogens (tertiary/aromatic N) is 1. The van der Waals surface area contributed by atoms with Gasteiger partial charge in [0, 0.05) is 5.02 Å². The summed E-state index contributed by atoms with van der Waals surface area (Å²) in [4.78, 5) is 38.2. The first-order valence-electron chi connectivity index (χ1n) is 10.5. The van der Waals surface area contributed by atoms with Crippen molar-refractivity contribution in [3.05, 3.63) is 86.1 Å². The number of amides is 2.